The van der Waals surface area contributed by atoms with Crippen molar-refractivity contribution in [2.75, 3.05) is 12.4 Å². The zero-order chi connectivity index (χ0) is 13.0. The number of aryl methyl sites for hydroxylation is 1. The number of benzene rings is 1. The van der Waals surface area contributed by atoms with Crippen LogP contribution in [0.5, 0.6) is 0 Å². The molecule has 0 unspecified atom stereocenters. The summed E-state index contributed by atoms with van der Waals surface area (Å²) in [5.41, 5.74) is 1.80. The number of hydrogen-bond donors (Lipinski definition) is 1. The molecule has 3 nitrogen and oxygen atoms in total. The third kappa shape index (κ3) is 2.79. The minimum atomic E-state index is 0.709. The molecule has 0 atom stereocenters. The zero-order valence-electron chi connectivity index (χ0n) is 10.6. The van der Waals surface area contributed by atoms with Crippen LogP contribution < -0.4 is 5.32 Å². The molecular weight excluding hydrogens is 246 g/mol. The van der Waals surface area contributed by atoms with Gasteiger partial charge in [-0.3, -0.25) is 0 Å². The van der Waals surface area contributed by atoms with Gasteiger partial charge in [-0.15, -0.1) is 0 Å². The van der Waals surface area contributed by atoms with E-state index >= 15 is 0 Å². The van der Waals surface area contributed by atoms with Gasteiger partial charge in [0.15, 0.2) is 0 Å². The number of aromatic nitrogens is 2. The second-order valence-corrected chi connectivity index (χ2v) is 4.44. The van der Waals surface area contributed by atoms with E-state index in [4.69, 9.17) is 11.6 Å². The van der Waals surface area contributed by atoms with Crippen molar-refractivity contribution in [3.05, 3.63) is 41.2 Å². The molecule has 1 N–H and O–H groups in total. The van der Waals surface area contributed by atoms with E-state index in [0.717, 1.165) is 35.7 Å². The van der Waals surface area contributed by atoms with E-state index in [2.05, 4.69) is 22.2 Å². The molecule has 0 fully saturated rings. The van der Waals surface area contributed by atoms with Gasteiger partial charge >= 0.3 is 0 Å². The Morgan fingerprint density at radius 3 is 2.67 bits per heavy atom. The molecule has 4 heteroatoms. The van der Waals surface area contributed by atoms with E-state index in [1.807, 2.05) is 37.4 Å². The summed E-state index contributed by atoms with van der Waals surface area (Å²) < 4.78 is 0. The number of halogens is 1. The summed E-state index contributed by atoms with van der Waals surface area (Å²) in [5, 5.41) is 3.77. The van der Waals surface area contributed by atoms with E-state index in [1.54, 1.807) is 0 Å². The van der Waals surface area contributed by atoms with E-state index in [-0.39, 0.29) is 0 Å². The van der Waals surface area contributed by atoms with Crippen LogP contribution in [0.4, 0.5) is 5.82 Å². The van der Waals surface area contributed by atoms with Crippen LogP contribution in [0.15, 0.2) is 30.3 Å². The molecule has 0 saturated heterocycles. The topological polar surface area (TPSA) is 37.8 Å². The predicted molar refractivity (Wildman–Crippen MR) is 76.0 cm³/mol. The van der Waals surface area contributed by atoms with Gasteiger partial charge in [0.2, 0.25) is 0 Å². The van der Waals surface area contributed by atoms with Gasteiger partial charge in [0.05, 0.1) is 5.69 Å². The number of nitrogens with zero attached hydrogens (tertiary/aromatic N) is 2. The summed E-state index contributed by atoms with van der Waals surface area (Å²) in [4.78, 5) is 9.00. The molecule has 0 aliphatic heterocycles. The Labute approximate surface area is 112 Å². The van der Waals surface area contributed by atoms with Crippen molar-refractivity contribution in [3.63, 3.8) is 0 Å². The molecule has 0 aliphatic rings. The van der Waals surface area contributed by atoms with Crippen molar-refractivity contribution in [1.82, 2.24) is 9.97 Å². The first-order chi connectivity index (χ1) is 8.74. The van der Waals surface area contributed by atoms with E-state index in [1.165, 1.54) is 0 Å². The Bertz CT molecular complexity index is 540. The predicted octanol–water partition coefficient (Wildman–Crippen LogP) is 3.79. The van der Waals surface area contributed by atoms with Crippen molar-refractivity contribution >= 4 is 17.4 Å². The third-order valence-electron chi connectivity index (χ3n) is 2.65. The molecule has 18 heavy (non-hydrogen) atoms. The Balaban J connectivity index is 2.50. The standard InChI is InChI=1S/C14H16ClN3/c1-3-6-13-17-12(9-14(16-2)18-13)10-7-4-5-8-11(10)15/h4-5,7-9H,3,6H2,1-2H3,(H,16,17,18). The average molecular weight is 262 g/mol. The van der Waals surface area contributed by atoms with Crippen LogP contribution in [0.25, 0.3) is 11.3 Å². The Kier molecular flexibility index (Phi) is 4.15. The lowest BCUT2D eigenvalue weighted by atomic mass is 10.1. The normalized spacial score (nSPS) is 10.4. The first-order valence-electron chi connectivity index (χ1n) is 6.05. The van der Waals surface area contributed by atoms with Crippen LogP contribution >= 0.6 is 11.6 Å². The highest BCUT2D eigenvalue weighted by Crippen LogP contribution is 2.27. The molecule has 0 radical (unpaired) electrons. The molecule has 1 aromatic carbocycles. The van der Waals surface area contributed by atoms with Gasteiger partial charge in [0.1, 0.15) is 11.6 Å². The molecule has 0 bridgehead atoms. The summed E-state index contributed by atoms with van der Waals surface area (Å²) in [6, 6.07) is 9.64. The van der Waals surface area contributed by atoms with Crippen molar-refractivity contribution in [2.24, 2.45) is 0 Å². The molecule has 0 aliphatic carbocycles. The van der Waals surface area contributed by atoms with E-state index in [0.29, 0.717) is 5.02 Å². The summed E-state index contributed by atoms with van der Waals surface area (Å²) in [6.45, 7) is 2.12. The zero-order valence-corrected chi connectivity index (χ0v) is 11.3. The van der Waals surface area contributed by atoms with Gasteiger partial charge in [-0.25, -0.2) is 9.97 Å². The van der Waals surface area contributed by atoms with Crippen LogP contribution in [0, 0.1) is 0 Å². The number of nitrogens with one attached hydrogen (secondary N) is 1. The van der Waals surface area contributed by atoms with Crippen LogP contribution in [-0.2, 0) is 6.42 Å². The van der Waals surface area contributed by atoms with Crippen LogP contribution in [0.3, 0.4) is 0 Å². The van der Waals surface area contributed by atoms with E-state index < -0.39 is 0 Å². The maximum Gasteiger partial charge on any atom is 0.131 e. The second-order valence-electron chi connectivity index (χ2n) is 4.03. The van der Waals surface area contributed by atoms with Crippen LogP contribution in [0.2, 0.25) is 5.02 Å². The fraction of sp³-hybridized carbons (Fsp3) is 0.286. The van der Waals surface area contributed by atoms with Gasteiger partial charge in [-0.05, 0) is 12.5 Å². The summed E-state index contributed by atoms with van der Waals surface area (Å²) in [7, 11) is 1.86. The van der Waals surface area contributed by atoms with Crippen molar-refractivity contribution in [2.45, 2.75) is 19.8 Å². The smallest absolute Gasteiger partial charge is 0.131 e. The Hall–Kier alpha value is -1.61. The Morgan fingerprint density at radius 1 is 1.22 bits per heavy atom. The minimum Gasteiger partial charge on any atom is -0.373 e. The molecule has 1 aromatic heterocycles. The maximum atomic E-state index is 6.20. The van der Waals surface area contributed by atoms with Gasteiger partial charge in [0, 0.05) is 30.1 Å². The summed E-state index contributed by atoms with van der Waals surface area (Å²) in [6.07, 6.45) is 1.89. The lowest BCUT2D eigenvalue weighted by Crippen LogP contribution is -2.01. The van der Waals surface area contributed by atoms with Gasteiger partial charge in [-0.1, -0.05) is 36.7 Å². The van der Waals surface area contributed by atoms with Crippen molar-refractivity contribution in [1.29, 1.82) is 0 Å². The maximum absolute atomic E-state index is 6.20. The lowest BCUT2D eigenvalue weighted by molar-refractivity contribution is 0.838. The van der Waals surface area contributed by atoms with Gasteiger partial charge in [-0.2, -0.15) is 0 Å². The Morgan fingerprint density at radius 2 is 2.00 bits per heavy atom. The minimum absolute atomic E-state index is 0.709. The average Bonchev–Trinajstić information content (AvgIpc) is 2.39. The van der Waals surface area contributed by atoms with Gasteiger partial charge < -0.3 is 5.32 Å². The van der Waals surface area contributed by atoms with Crippen molar-refractivity contribution in [3.8, 4) is 11.3 Å². The van der Waals surface area contributed by atoms with Crippen LogP contribution in [0.1, 0.15) is 19.2 Å². The summed E-state index contributed by atoms with van der Waals surface area (Å²) >= 11 is 6.20. The number of rotatable bonds is 4. The molecule has 94 valence electrons. The quantitative estimate of drug-likeness (QED) is 0.910. The fourth-order valence-corrected chi connectivity index (χ4v) is 2.00. The third-order valence-corrected chi connectivity index (χ3v) is 2.98. The highest BCUT2D eigenvalue weighted by molar-refractivity contribution is 6.33. The molecular formula is C14H16ClN3. The molecule has 0 saturated carbocycles. The largest absolute Gasteiger partial charge is 0.373 e. The first kappa shape index (κ1) is 12.8. The number of anilines is 1. The van der Waals surface area contributed by atoms with Gasteiger partial charge in [0.25, 0.3) is 0 Å². The van der Waals surface area contributed by atoms with E-state index in [9.17, 15) is 0 Å². The molecule has 2 aromatic rings. The first-order valence-corrected chi connectivity index (χ1v) is 6.43. The highest BCUT2D eigenvalue weighted by Gasteiger charge is 2.08. The number of hydrogen-bond acceptors (Lipinski definition) is 3. The highest BCUT2D eigenvalue weighted by atomic mass is 35.5. The molecule has 0 spiro atoms. The summed E-state index contributed by atoms with van der Waals surface area (Å²) in [5.74, 6) is 1.67. The molecule has 2 rings (SSSR count). The van der Waals surface area contributed by atoms with Crippen LogP contribution in [-0.4, -0.2) is 17.0 Å². The fourth-order valence-electron chi connectivity index (χ4n) is 1.77. The SMILES string of the molecule is CCCc1nc(NC)cc(-c2ccccc2Cl)n1. The molecule has 0 amide bonds. The molecule has 1 heterocycles. The lowest BCUT2D eigenvalue weighted by Gasteiger charge is -2.08. The second kappa shape index (κ2) is 5.83. The monoisotopic (exact) mass is 261 g/mol. The van der Waals surface area contributed by atoms with Crippen molar-refractivity contribution < 1.29 is 0 Å².